The Balaban J connectivity index is 0.983. The molecule has 88 heavy (non-hydrogen) atoms. The number of hydrogen-bond acceptors (Lipinski definition) is 6. The summed E-state index contributed by atoms with van der Waals surface area (Å²) in [6.07, 6.45) is 0. The summed E-state index contributed by atoms with van der Waals surface area (Å²) in [6, 6.07) is 99.2. The Bertz CT molecular complexity index is 5160. The molecule has 0 aliphatic heterocycles. The van der Waals surface area contributed by atoms with Crippen LogP contribution in [0, 0.1) is 40.6 Å². The third kappa shape index (κ3) is 9.24. The van der Waals surface area contributed by atoms with Crippen molar-refractivity contribution < 1.29 is 0 Å². The number of aromatic nitrogens is 5. The number of benzene rings is 12. The molecular weight excluding hydrogens is 1070 g/mol. The summed E-state index contributed by atoms with van der Waals surface area (Å²) in [5, 5.41) is 33.2. The second kappa shape index (κ2) is 21.8. The van der Waals surface area contributed by atoms with Gasteiger partial charge < -0.3 is 9.13 Å². The van der Waals surface area contributed by atoms with E-state index in [-0.39, 0.29) is 0 Å². The number of nitriles is 3. The van der Waals surface area contributed by atoms with Crippen LogP contribution >= 0.6 is 0 Å². The van der Waals surface area contributed by atoms with E-state index < -0.39 is 0 Å². The Morgan fingerprint density at radius 1 is 0.284 bits per heavy atom. The maximum atomic E-state index is 9.70. The highest BCUT2D eigenvalue weighted by molar-refractivity contribution is 6.14. The monoisotopic (exact) mass is 1120 g/mol. The molecule has 3 aromatic heterocycles. The van der Waals surface area contributed by atoms with Crippen molar-refractivity contribution in [2.24, 2.45) is 0 Å². The van der Waals surface area contributed by atoms with Crippen molar-refractivity contribution in [3.05, 3.63) is 301 Å². The van der Waals surface area contributed by atoms with Crippen LogP contribution < -0.4 is 0 Å². The maximum absolute atomic E-state index is 9.70. The molecule has 0 bridgehead atoms. The second-order valence-corrected chi connectivity index (χ2v) is 21.6. The zero-order chi connectivity index (χ0) is 59.2. The molecule has 0 aliphatic rings. The molecule has 12 aromatic carbocycles. The normalized spacial score (nSPS) is 11.1. The van der Waals surface area contributed by atoms with Crippen LogP contribution in [0.15, 0.2) is 273 Å². The summed E-state index contributed by atoms with van der Waals surface area (Å²) in [5.41, 5.74) is 20.6. The van der Waals surface area contributed by atoms with E-state index in [9.17, 15) is 15.8 Å². The summed E-state index contributed by atoms with van der Waals surface area (Å²) >= 11 is 0. The molecule has 406 valence electrons. The summed E-state index contributed by atoms with van der Waals surface area (Å²) in [7, 11) is 0. The first-order chi connectivity index (χ1) is 43.4. The van der Waals surface area contributed by atoms with E-state index in [0.29, 0.717) is 39.9 Å². The zero-order valence-corrected chi connectivity index (χ0v) is 47.0. The lowest BCUT2D eigenvalue weighted by atomic mass is 9.98. The van der Waals surface area contributed by atoms with Crippen molar-refractivity contribution in [2.75, 3.05) is 0 Å². The maximum Gasteiger partial charge on any atom is 0.187 e. The summed E-state index contributed by atoms with van der Waals surface area (Å²) in [6.45, 7) is 7.63. The van der Waals surface area contributed by atoms with E-state index in [0.717, 1.165) is 127 Å². The lowest BCUT2D eigenvalue weighted by Gasteiger charge is -2.18. The Morgan fingerprint density at radius 2 is 0.614 bits per heavy atom. The lowest BCUT2D eigenvalue weighted by molar-refractivity contribution is 1.06. The fraction of sp³-hybridized carbons (Fsp3) is 0. The van der Waals surface area contributed by atoms with E-state index in [1.165, 1.54) is 0 Å². The molecule has 3 heterocycles. The van der Waals surface area contributed by atoms with Gasteiger partial charge in [-0.2, -0.15) is 15.8 Å². The molecule has 15 aromatic rings. The lowest BCUT2D eigenvalue weighted by Crippen LogP contribution is -2.04. The molecule has 0 fully saturated rings. The Labute approximate surface area is 506 Å². The van der Waals surface area contributed by atoms with Crippen LogP contribution in [0.5, 0.6) is 0 Å². The van der Waals surface area contributed by atoms with Crippen LogP contribution in [-0.2, 0) is 0 Å². The third-order valence-corrected chi connectivity index (χ3v) is 16.5. The minimum absolute atomic E-state index is 0.491. The van der Waals surface area contributed by atoms with Crippen LogP contribution in [0.1, 0.15) is 16.7 Å². The van der Waals surface area contributed by atoms with Gasteiger partial charge in [-0.3, -0.25) is 0 Å². The summed E-state index contributed by atoms with van der Waals surface area (Å²) in [4.78, 5) is 19.7. The van der Waals surface area contributed by atoms with E-state index in [1.807, 2.05) is 158 Å². The predicted molar refractivity (Wildman–Crippen MR) is 352 cm³/mol. The van der Waals surface area contributed by atoms with Crippen molar-refractivity contribution in [3.8, 4) is 119 Å². The van der Waals surface area contributed by atoms with E-state index >= 15 is 0 Å². The third-order valence-electron chi connectivity index (χ3n) is 16.5. The van der Waals surface area contributed by atoms with Crippen LogP contribution in [0.25, 0.3) is 150 Å². The van der Waals surface area contributed by atoms with Gasteiger partial charge in [0.15, 0.2) is 23.2 Å². The molecule has 0 atom stereocenters. The van der Waals surface area contributed by atoms with E-state index in [4.69, 9.17) is 21.5 Å². The first-order valence-corrected chi connectivity index (χ1v) is 28.7. The van der Waals surface area contributed by atoms with Crippen molar-refractivity contribution in [1.82, 2.24) is 24.1 Å². The fourth-order valence-corrected chi connectivity index (χ4v) is 12.1. The van der Waals surface area contributed by atoms with Crippen LogP contribution in [-0.4, -0.2) is 24.1 Å². The highest BCUT2D eigenvalue weighted by Gasteiger charge is 2.24. The Hall–Kier alpha value is -12.8. The zero-order valence-electron chi connectivity index (χ0n) is 47.0. The topological polar surface area (TPSA) is 124 Å². The van der Waals surface area contributed by atoms with Gasteiger partial charge in [0.05, 0.1) is 74.9 Å². The fourth-order valence-electron chi connectivity index (χ4n) is 12.1. The summed E-state index contributed by atoms with van der Waals surface area (Å²) < 4.78 is 4.68. The minimum Gasteiger partial charge on any atom is -0.309 e. The second-order valence-electron chi connectivity index (χ2n) is 21.6. The van der Waals surface area contributed by atoms with Gasteiger partial charge in [-0.1, -0.05) is 170 Å². The van der Waals surface area contributed by atoms with Gasteiger partial charge in [0.1, 0.15) is 0 Å². The van der Waals surface area contributed by atoms with Gasteiger partial charge in [-0.15, -0.1) is 0 Å². The quantitative estimate of drug-likeness (QED) is 0.126. The highest BCUT2D eigenvalue weighted by Crippen LogP contribution is 2.44. The van der Waals surface area contributed by atoms with E-state index in [2.05, 4.69) is 147 Å². The molecule has 15 rings (SSSR count). The van der Waals surface area contributed by atoms with Crippen molar-refractivity contribution in [3.63, 3.8) is 0 Å². The number of fused-ring (bicyclic) bond motifs is 6. The van der Waals surface area contributed by atoms with Gasteiger partial charge >= 0.3 is 0 Å². The number of rotatable bonds is 10. The number of nitrogens with zero attached hydrogens (tertiary/aromatic N) is 9. The van der Waals surface area contributed by atoms with Gasteiger partial charge in [0.25, 0.3) is 0 Å². The van der Waals surface area contributed by atoms with Crippen LogP contribution in [0.2, 0.25) is 0 Å². The van der Waals surface area contributed by atoms with Crippen LogP contribution in [0.4, 0.5) is 5.69 Å². The molecule has 0 saturated carbocycles. The predicted octanol–water partition coefficient (Wildman–Crippen LogP) is 19.6. The highest BCUT2D eigenvalue weighted by atomic mass is 15.1. The smallest absolute Gasteiger partial charge is 0.187 e. The SMILES string of the molecule is [C-]#[N+]c1ccc(-c2ccc3c(c2)c2cc(-c4ccc(C#N)cc4)ccc2n3-c2ccc(-c3ccccc3-n3c4ccc(-c5ccc(C#N)cc5)cc4c4cc(-c5ccc(C#N)cc5)ccc43)cc2-c2nc(-c3ccccc3)nc(-c3ccccc3)n2)cc1. The largest absolute Gasteiger partial charge is 0.309 e. The Kier molecular flexibility index (Phi) is 12.9. The minimum atomic E-state index is 0.491. The van der Waals surface area contributed by atoms with Crippen LogP contribution in [0.3, 0.4) is 0 Å². The van der Waals surface area contributed by atoms with Crippen molar-refractivity contribution in [2.45, 2.75) is 0 Å². The molecular formula is C79H45N9. The molecule has 0 radical (unpaired) electrons. The molecule has 0 aliphatic carbocycles. The van der Waals surface area contributed by atoms with Gasteiger partial charge in [-0.25, -0.2) is 19.8 Å². The van der Waals surface area contributed by atoms with Gasteiger partial charge in [0.2, 0.25) is 0 Å². The number of hydrogen-bond donors (Lipinski definition) is 0. The Morgan fingerprint density at radius 3 is 1.00 bits per heavy atom. The van der Waals surface area contributed by atoms with Gasteiger partial charge in [0, 0.05) is 43.8 Å². The average molecular weight is 1120 g/mol. The first-order valence-electron chi connectivity index (χ1n) is 28.7. The first kappa shape index (κ1) is 52.0. The summed E-state index contributed by atoms with van der Waals surface area (Å²) in [5.74, 6) is 1.57. The van der Waals surface area contributed by atoms with Crippen molar-refractivity contribution >= 4 is 49.3 Å². The molecule has 0 unspecified atom stereocenters. The standard InChI is InChI=1S/C79H45N9/c1-83-64-35-28-56(29-36-64)62-33-40-75-69(45-62)68-44-61(55-26-20-52(49-82)21-27-55)32-39-74(68)88(75)76-41-34-63(46-70(76)79-85-77(57-10-4-2-5-11-57)84-78(86-79)58-12-6-3-7-13-58)65-14-8-9-15-71(65)87-72-37-30-59(53-22-16-50(47-80)17-23-53)42-66(72)67-43-60(31-38-73(67)87)54-24-18-51(48-81)19-25-54/h2-46H. The molecule has 9 nitrogen and oxygen atoms in total. The number of para-hydroxylation sites is 1. The molecule has 0 amide bonds. The molecule has 0 spiro atoms. The average Bonchev–Trinajstić information content (AvgIpc) is 1.67. The van der Waals surface area contributed by atoms with E-state index in [1.54, 1.807) is 0 Å². The van der Waals surface area contributed by atoms with Crippen molar-refractivity contribution in [1.29, 1.82) is 15.8 Å². The molecule has 9 heteroatoms. The van der Waals surface area contributed by atoms with Gasteiger partial charge in [-0.05, 0) is 153 Å². The molecule has 0 N–H and O–H groups in total. The molecule has 0 saturated heterocycles.